The molecule has 0 heterocycles. The second-order valence-electron chi connectivity index (χ2n) is 4.66. The van der Waals surface area contributed by atoms with Crippen LogP contribution in [0.15, 0.2) is 0 Å². The highest BCUT2D eigenvalue weighted by atomic mass is 16.2. The summed E-state index contributed by atoms with van der Waals surface area (Å²) >= 11 is 0. The lowest BCUT2D eigenvalue weighted by Gasteiger charge is -2.24. The van der Waals surface area contributed by atoms with Crippen LogP contribution < -0.4 is 11.1 Å². The molecule has 4 heteroatoms. The molecule has 1 aliphatic carbocycles. The quantitative estimate of drug-likeness (QED) is 0.703. The number of rotatable bonds is 4. The van der Waals surface area contributed by atoms with Gasteiger partial charge in [0.1, 0.15) is 0 Å². The average Bonchev–Trinajstić information content (AvgIpc) is 2.84. The minimum absolute atomic E-state index is 0.000255. The first-order valence-electron chi connectivity index (χ1n) is 5.21. The molecule has 3 N–H and O–H groups in total. The molecule has 0 saturated heterocycles. The van der Waals surface area contributed by atoms with Gasteiger partial charge >= 0.3 is 6.03 Å². The summed E-state index contributed by atoms with van der Waals surface area (Å²) < 4.78 is 0. The third-order valence-corrected chi connectivity index (χ3v) is 2.72. The second-order valence-corrected chi connectivity index (χ2v) is 4.66. The molecule has 1 fully saturated rings. The molecule has 0 aliphatic heterocycles. The van der Waals surface area contributed by atoms with Gasteiger partial charge in [0.2, 0.25) is 0 Å². The van der Waals surface area contributed by atoms with E-state index >= 15 is 0 Å². The Kier molecular flexibility index (Phi) is 3.37. The van der Waals surface area contributed by atoms with Gasteiger partial charge < -0.3 is 16.0 Å². The number of hydrogen-bond donors (Lipinski definition) is 2. The van der Waals surface area contributed by atoms with Crippen LogP contribution >= 0.6 is 0 Å². The summed E-state index contributed by atoms with van der Waals surface area (Å²) in [5, 5.41) is 2.86. The number of hydrogen-bond acceptors (Lipinski definition) is 2. The summed E-state index contributed by atoms with van der Waals surface area (Å²) in [6, 6.07) is 0.192. The standard InChI is InChI=1S/C10H21N3O/c1-8(2)12-9(14)13(3)7-10(6-11)4-5-10/h8H,4-7,11H2,1-3H3,(H,12,14). The number of nitrogens with zero attached hydrogens (tertiary/aromatic N) is 1. The summed E-state index contributed by atoms with van der Waals surface area (Å²) in [7, 11) is 1.83. The average molecular weight is 199 g/mol. The van der Waals surface area contributed by atoms with E-state index in [1.807, 2.05) is 20.9 Å². The minimum Gasteiger partial charge on any atom is -0.336 e. The Labute approximate surface area is 85.8 Å². The van der Waals surface area contributed by atoms with Gasteiger partial charge in [-0.2, -0.15) is 0 Å². The minimum atomic E-state index is -0.000255. The molecule has 0 aromatic rings. The van der Waals surface area contributed by atoms with Crippen LogP contribution in [0.4, 0.5) is 4.79 Å². The molecule has 1 aliphatic rings. The maximum atomic E-state index is 11.5. The molecule has 14 heavy (non-hydrogen) atoms. The van der Waals surface area contributed by atoms with Crippen LogP contribution in [0.2, 0.25) is 0 Å². The number of amides is 2. The Balaban J connectivity index is 2.34. The fraction of sp³-hybridized carbons (Fsp3) is 0.900. The molecule has 1 saturated carbocycles. The largest absolute Gasteiger partial charge is 0.336 e. The number of nitrogens with two attached hydrogens (primary N) is 1. The maximum Gasteiger partial charge on any atom is 0.317 e. The normalized spacial score (nSPS) is 18.1. The molecule has 1 rings (SSSR count). The van der Waals surface area contributed by atoms with Crippen molar-refractivity contribution < 1.29 is 4.79 Å². The first kappa shape index (κ1) is 11.3. The smallest absolute Gasteiger partial charge is 0.317 e. The van der Waals surface area contributed by atoms with Crippen LogP contribution in [-0.2, 0) is 0 Å². The van der Waals surface area contributed by atoms with Crippen LogP contribution in [0.25, 0.3) is 0 Å². The molecule has 0 unspecified atom stereocenters. The predicted molar refractivity (Wildman–Crippen MR) is 57.0 cm³/mol. The van der Waals surface area contributed by atoms with Crippen molar-refractivity contribution in [3.8, 4) is 0 Å². The van der Waals surface area contributed by atoms with Crippen molar-refractivity contribution in [3.63, 3.8) is 0 Å². The van der Waals surface area contributed by atoms with E-state index in [1.165, 1.54) is 0 Å². The van der Waals surface area contributed by atoms with Gasteiger partial charge in [-0.3, -0.25) is 0 Å². The molecule has 0 bridgehead atoms. The zero-order valence-electron chi connectivity index (χ0n) is 9.34. The van der Waals surface area contributed by atoms with Gasteiger partial charge in [-0.1, -0.05) is 0 Å². The van der Waals surface area contributed by atoms with Crippen molar-refractivity contribution in [2.24, 2.45) is 11.1 Å². The van der Waals surface area contributed by atoms with Crippen molar-refractivity contribution in [2.45, 2.75) is 32.7 Å². The SMILES string of the molecule is CC(C)NC(=O)N(C)CC1(CN)CC1. The topological polar surface area (TPSA) is 58.4 Å². The zero-order chi connectivity index (χ0) is 10.8. The van der Waals surface area contributed by atoms with Crippen molar-refractivity contribution in [1.82, 2.24) is 10.2 Å². The lowest BCUT2D eigenvalue weighted by Crippen LogP contribution is -2.44. The van der Waals surface area contributed by atoms with Crippen molar-refractivity contribution >= 4 is 6.03 Å². The monoisotopic (exact) mass is 199 g/mol. The Morgan fingerprint density at radius 3 is 2.50 bits per heavy atom. The van der Waals surface area contributed by atoms with Gasteiger partial charge in [0.15, 0.2) is 0 Å². The Bertz CT molecular complexity index is 211. The van der Waals surface area contributed by atoms with E-state index in [2.05, 4.69) is 5.32 Å². The molecule has 4 nitrogen and oxygen atoms in total. The van der Waals surface area contributed by atoms with Crippen LogP contribution in [0, 0.1) is 5.41 Å². The van der Waals surface area contributed by atoms with Crippen LogP contribution in [-0.4, -0.2) is 37.1 Å². The second kappa shape index (κ2) is 4.17. The molecule has 2 amide bonds. The Morgan fingerprint density at radius 2 is 2.14 bits per heavy atom. The van der Waals surface area contributed by atoms with Gasteiger partial charge in [-0.25, -0.2) is 4.79 Å². The van der Waals surface area contributed by atoms with E-state index < -0.39 is 0 Å². The summed E-state index contributed by atoms with van der Waals surface area (Å²) in [4.78, 5) is 13.3. The summed E-state index contributed by atoms with van der Waals surface area (Å²) in [6.45, 7) is 5.39. The number of carbonyl (C=O) groups is 1. The van der Waals surface area contributed by atoms with E-state index in [1.54, 1.807) is 4.90 Å². The van der Waals surface area contributed by atoms with Crippen LogP contribution in [0.3, 0.4) is 0 Å². The number of urea groups is 1. The number of nitrogens with one attached hydrogen (secondary N) is 1. The van der Waals surface area contributed by atoms with Gasteiger partial charge in [0.05, 0.1) is 0 Å². The van der Waals surface area contributed by atoms with E-state index in [-0.39, 0.29) is 17.5 Å². The highest BCUT2D eigenvalue weighted by Crippen LogP contribution is 2.44. The zero-order valence-corrected chi connectivity index (χ0v) is 9.34. The Morgan fingerprint density at radius 1 is 1.57 bits per heavy atom. The van der Waals surface area contributed by atoms with Gasteiger partial charge in [0, 0.05) is 25.0 Å². The van der Waals surface area contributed by atoms with Gasteiger partial charge in [-0.05, 0) is 33.2 Å². The van der Waals surface area contributed by atoms with Crippen LogP contribution in [0.5, 0.6) is 0 Å². The van der Waals surface area contributed by atoms with Crippen LogP contribution in [0.1, 0.15) is 26.7 Å². The number of carbonyl (C=O) groups excluding carboxylic acids is 1. The third-order valence-electron chi connectivity index (χ3n) is 2.72. The predicted octanol–water partition coefficient (Wildman–Crippen LogP) is 0.775. The van der Waals surface area contributed by atoms with Crippen molar-refractivity contribution in [1.29, 1.82) is 0 Å². The molecular formula is C10H21N3O. The summed E-state index contributed by atoms with van der Waals surface area (Å²) in [5.74, 6) is 0. The fourth-order valence-corrected chi connectivity index (χ4v) is 1.54. The van der Waals surface area contributed by atoms with Crippen molar-refractivity contribution in [2.75, 3.05) is 20.1 Å². The first-order chi connectivity index (χ1) is 6.49. The Hall–Kier alpha value is -0.770. The molecule has 82 valence electrons. The van der Waals surface area contributed by atoms with Crippen molar-refractivity contribution in [3.05, 3.63) is 0 Å². The molecule has 0 radical (unpaired) electrons. The van der Waals surface area contributed by atoms with E-state index in [9.17, 15) is 4.79 Å². The lowest BCUT2D eigenvalue weighted by atomic mass is 10.1. The maximum absolute atomic E-state index is 11.5. The molecule has 0 aromatic heterocycles. The molecule has 0 aromatic carbocycles. The highest BCUT2D eigenvalue weighted by molar-refractivity contribution is 5.74. The lowest BCUT2D eigenvalue weighted by molar-refractivity contribution is 0.195. The fourth-order valence-electron chi connectivity index (χ4n) is 1.54. The van der Waals surface area contributed by atoms with E-state index in [0.717, 1.165) is 19.4 Å². The first-order valence-corrected chi connectivity index (χ1v) is 5.21. The van der Waals surface area contributed by atoms with E-state index in [4.69, 9.17) is 5.73 Å². The highest BCUT2D eigenvalue weighted by Gasteiger charge is 2.42. The third kappa shape index (κ3) is 2.87. The van der Waals surface area contributed by atoms with Gasteiger partial charge in [0.25, 0.3) is 0 Å². The van der Waals surface area contributed by atoms with Gasteiger partial charge in [-0.15, -0.1) is 0 Å². The molecule has 0 atom stereocenters. The van der Waals surface area contributed by atoms with E-state index in [0.29, 0.717) is 6.54 Å². The molecular weight excluding hydrogens is 178 g/mol. The molecule has 0 spiro atoms. The summed E-state index contributed by atoms with van der Waals surface area (Å²) in [5.41, 5.74) is 5.89. The summed E-state index contributed by atoms with van der Waals surface area (Å²) in [6.07, 6.45) is 2.31.